The van der Waals surface area contributed by atoms with E-state index in [1.807, 2.05) is 0 Å². The van der Waals surface area contributed by atoms with Crippen LogP contribution >= 0.6 is 0 Å². The quantitative estimate of drug-likeness (QED) is 0.671. The second-order valence-electron chi connectivity index (χ2n) is 8.46. The van der Waals surface area contributed by atoms with Gasteiger partial charge < -0.3 is 4.79 Å². The Kier molecular flexibility index (Phi) is 3.41. The minimum Gasteiger partial charge on any atom is -0.303 e. The van der Waals surface area contributed by atoms with Crippen LogP contribution < -0.4 is 0 Å². The van der Waals surface area contributed by atoms with Gasteiger partial charge in [-0.25, -0.2) is 0 Å². The van der Waals surface area contributed by atoms with E-state index in [4.69, 9.17) is 0 Å². The molecule has 2 aliphatic rings. The number of hydrogen-bond donors (Lipinski definition) is 0. The minimum atomic E-state index is 0.332. The van der Waals surface area contributed by atoms with Crippen molar-refractivity contribution >= 4 is 6.29 Å². The largest absolute Gasteiger partial charge is 0.303 e. The van der Waals surface area contributed by atoms with E-state index in [2.05, 4.69) is 41.5 Å². The molecule has 1 heteroatoms. The zero-order valence-electron chi connectivity index (χ0n) is 13.0. The summed E-state index contributed by atoms with van der Waals surface area (Å²) in [4.78, 5) is 11.3. The highest BCUT2D eigenvalue weighted by Gasteiger charge is 2.58. The van der Waals surface area contributed by atoms with Crippen molar-refractivity contribution in [1.82, 2.24) is 0 Å². The van der Waals surface area contributed by atoms with Crippen molar-refractivity contribution < 1.29 is 4.79 Å². The zero-order valence-corrected chi connectivity index (χ0v) is 13.0. The average Bonchev–Trinajstić information content (AvgIpc) is 2.84. The summed E-state index contributed by atoms with van der Waals surface area (Å²) in [6.07, 6.45) is 4.96. The normalized spacial score (nSPS) is 40.2. The molecule has 0 spiro atoms. The highest BCUT2D eigenvalue weighted by atomic mass is 16.1. The number of rotatable bonds is 3. The standard InChI is InChI=1S/C17H30O/c1-7-17(5,6)14-11-8-12(10-18)13(9-11)15(14)16(2,3)4/h10-15H,7-9H2,1-6H3. The number of hydrogen-bond acceptors (Lipinski definition) is 1. The van der Waals surface area contributed by atoms with Gasteiger partial charge in [0.05, 0.1) is 0 Å². The fourth-order valence-corrected chi connectivity index (χ4v) is 5.11. The van der Waals surface area contributed by atoms with Crippen LogP contribution in [0.4, 0.5) is 0 Å². The van der Waals surface area contributed by atoms with Crippen molar-refractivity contribution in [1.29, 1.82) is 0 Å². The second kappa shape index (κ2) is 4.35. The summed E-state index contributed by atoms with van der Waals surface area (Å²) < 4.78 is 0. The Hall–Kier alpha value is -0.330. The Labute approximate surface area is 113 Å². The topological polar surface area (TPSA) is 17.1 Å². The van der Waals surface area contributed by atoms with Crippen LogP contribution in [-0.2, 0) is 4.79 Å². The molecular formula is C17H30O. The van der Waals surface area contributed by atoms with Crippen LogP contribution in [0.2, 0.25) is 0 Å². The van der Waals surface area contributed by atoms with E-state index in [1.165, 1.54) is 19.1 Å². The van der Waals surface area contributed by atoms with Gasteiger partial charge in [0.15, 0.2) is 0 Å². The van der Waals surface area contributed by atoms with Gasteiger partial charge in [-0.05, 0) is 47.3 Å². The zero-order chi connectivity index (χ0) is 13.7. The van der Waals surface area contributed by atoms with Gasteiger partial charge in [-0.15, -0.1) is 0 Å². The molecule has 5 unspecified atom stereocenters. The van der Waals surface area contributed by atoms with Gasteiger partial charge in [-0.1, -0.05) is 48.0 Å². The molecule has 5 atom stereocenters. The first-order valence-corrected chi connectivity index (χ1v) is 7.67. The number of carbonyl (C=O) groups is 1. The van der Waals surface area contributed by atoms with Gasteiger partial charge in [0.1, 0.15) is 6.29 Å². The minimum absolute atomic E-state index is 0.332. The second-order valence-corrected chi connectivity index (χ2v) is 8.46. The van der Waals surface area contributed by atoms with E-state index >= 15 is 0 Å². The van der Waals surface area contributed by atoms with Crippen LogP contribution in [0, 0.1) is 40.4 Å². The van der Waals surface area contributed by atoms with E-state index < -0.39 is 0 Å². The molecule has 0 aliphatic heterocycles. The SMILES string of the molecule is CCC(C)(C)C1C2CC(C=O)C(C2)C1C(C)(C)C. The Balaban J connectivity index is 2.34. The Bertz CT molecular complexity index is 323. The van der Waals surface area contributed by atoms with Crippen molar-refractivity contribution in [3.63, 3.8) is 0 Å². The Morgan fingerprint density at radius 1 is 1.06 bits per heavy atom. The van der Waals surface area contributed by atoms with Crippen LogP contribution in [0.1, 0.15) is 60.8 Å². The lowest BCUT2D eigenvalue weighted by atomic mass is 9.56. The fourth-order valence-electron chi connectivity index (χ4n) is 5.11. The first-order valence-electron chi connectivity index (χ1n) is 7.67. The molecule has 1 nitrogen and oxygen atoms in total. The first kappa shape index (κ1) is 14.1. The van der Waals surface area contributed by atoms with Crippen LogP contribution in [0.15, 0.2) is 0 Å². The van der Waals surface area contributed by atoms with Crippen molar-refractivity contribution in [2.24, 2.45) is 40.4 Å². The smallest absolute Gasteiger partial charge is 0.123 e. The molecule has 2 fully saturated rings. The van der Waals surface area contributed by atoms with Gasteiger partial charge >= 0.3 is 0 Å². The molecule has 2 saturated carbocycles. The summed E-state index contributed by atoms with van der Waals surface area (Å²) in [5.41, 5.74) is 0.753. The summed E-state index contributed by atoms with van der Waals surface area (Å²) >= 11 is 0. The maximum Gasteiger partial charge on any atom is 0.123 e. The Morgan fingerprint density at radius 3 is 2.11 bits per heavy atom. The molecule has 18 heavy (non-hydrogen) atoms. The van der Waals surface area contributed by atoms with E-state index in [0.717, 1.165) is 24.2 Å². The van der Waals surface area contributed by atoms with Crippen molar-refractivity contribution in [3.8, 4) is 0 Å². The maximum atomic E-state index is 11.3. The molecule has 0 radical (unpaired) electrons. The maximum absolute atomic E-state index is 11.3. The van der Waals surface area contributed by atoms with Crippen LogP contribution in [-0.4, -0.2) is 6.29 Å². The van der Waals surface area contributed by atoms with Crippen LogP contribution in [0.3, 0.4) is 0 Å². The van der Waals surface area contributed by atoms with Gasteiger partial charge in [-0.3, -0.25) is 0 Å². The molecule has 104 valence electrons. The lowest BCUT2D eigenvalue weighted by Crippen LogP contribution is -2.43. The molecule has 0 saturated heterocycles. The van der Waals surface area contributed by atoms with Crippen molar-refractivity contribution in [3.05, 3.63) is 0 Å². The summed E-state index contributed by atoms with van der Waals surface area (Å²) in [6, 6.07) is 0. The van der Waals surface area contributed by atoms with Gasteiger partial charge in [0.2, 0.25) is 0 Å². The highest BCUT2D eigenvalue weighted by molar-refractivity contribution is 5.55. The monoisotopic (exact) mass is 250 g/mol. The predicted molar refractivity (Wildman–Crippen MR) is 76.3 cm³/mol. The molecule has 0 aromatic rings. The molecule has 0 aromatic carbocycles. The molecule has 2 rings (SSSR count). The van der Waals surface area contributed by atoms with Gasteiger partial charge in [-0.2, -0.15) is 0 Å². The highest BCUT2D eigenvalue weighted by Crippen LogP contribution is 2.64. The molecular weight excluding hydrogens is 220 g/mol. The third-order valence-corrected chi connectivity index (χ3v) is 6.04. The molecule has 0 aromatic heterocycles. The van der Waals surface area contributed by atoms with Gasteiger partial charge in [0.25, 0.3) is 0 Å². The summed E-state index contributed by atoms with van der Waals surface area (Å²) in [5, 5.41) is 0. The predicted octanol–water partition coefficient (Wildman–Crippen LogP) is 4.56. The fraction of sp³-hybridized carbons (Fsp3) is 0.941. The summed E-state index contributed by atoms with van der Waals surface area (Å²) in [6.45, 7) is 14.3. The third-order valence-electron chi connectivity index (χ3n) is 6.04. The van der Waals surface area contributed by atoms with Gasteiger partial charge in [0, 0.05) is 5.92 Å². The summed E-state index contributed by atoms with van der Waals surface area (Å²) in [7, 11) is 0. The van der Waals surface area contributed by atoms with Crippen molar-refractivity contribution in [2.45, 2.75) is 60.8 Å². The molecule has 0 N–H and O–H groups in total. The van der Waals surface area contributed by atoms with Crippen molar-refractivity contribution in [2.75, 3.05) is 0 Å². The molecule has 2 aliphatic carbocycles. The third kappa shape index (κ3) is 2.04. The van der Waals surface area contributed by atoms with E-state index in [0.29, 0.717) is 22.7 Å². The lowest BCUT2D eigenvalue weighted by molar-refractivity contribution is -0.115. The first-order chi connectivity index (χ1) is 8.22. The van der Waals surface area contributed by atoms with Crippen LogP contribution in [0.25, 0.3) is 0 Å². The average molecular weight is 250 g/mol. The molecule has 0 heterocycles. The number of aldehydes is 1. The lowest BCUT2D eigenvalue weighted by Gasteiger charge is -2.48. The number of carbonyl (C=O) groups excluding carboxylic acids is 1. The van der Waals surface area contributed by atoms with E-state index in [1.54, 1.807) is 0 Å². The number of fused-ring (bicyclic) bond motifs is 2. The Morgan fingerprint density at radius 2 is 1.67 bits per heavy atom. The molecule has 0 amide bonds. The molecule has 2 bridgehead atoms. The van der Waals surface area contributed by atoms with E-state index in [-0.39, 0.29) is 0 Å². The van der Waals surface area contributed by atoms with E-state index in [9.17, 15) is 4.79 Å². The van der Waals surface area contributed by atoms with Crippen LogP contribution in [0.5, 0.6) is 0 Å². The summed E-state index contributed by atoms with van der Waals surface area (Å²) in [5.74, 6) is 3.33.